The van der Waals surface area contributed by atoms with E-state index in [0.29, 0.717) is 6.42 Å². The summed E-state index contributed by atoms with van der Waals surface area (Å²) in [6.07, 6.45) is 1.90. The molecule has 0 N–H and O–H groups in total. The molecule has 0 fully saturated rings. The maximum absolute atomic E-state index is 11.1. The van der Waals surface area contributed by atoms with Gasteiger partial charge in [-0.15, -0.1) is 0 Å². The van der Waals surface area contributed by atoms with E-state index in [9.17, 15) is 10.1 Å². The van der Waals surface area contributed by atoms with Crippen LogP contribution in [-0.4, -0.2) is 12.0 Å². The van der Waals surface area contributed by atoms with E-state index in [2.05, 4.69) is 0 Å². The molecule has 0 amide bonds. The fourth-order valence-electron chi connectivity index (χ4n) is 1.87. The van der Waals surface area contributed by atoms with Crippen molar-refractivity contribution in [2.24, 2.45) is 0 Å². The number of allylic oxidation sites excluding steroid dienone is 1. The minimum atomic E-state index is -0.336. The van der Waals surface area contributed by atoms with Crippen molar-refractivity contribution < 1.29 is 9.66 Å². The second kappa shape index (κ2) is 6.52. The van der Waals surface area contributed by atoms with E-state index < -0.39 is 0 Å². The first-order valence-electron chi connectivity index (χ1n) is 6.22. The number of hydrogen-bond acceptors (Lipinski definition) is 3. The van der Waals surface area contributed by atoms with Gasteiger partial charge in [-0.25, -0.2) is 0 Å². The van der Waals surface area contributed by atoms with Gasteiger partial charge in [0.1, 0.15) is 5.75 Å². The van der Waals surface area contributed by atoms with E-state index >= 15 is 0 Å². The Hall–Kier alpha value is -2.62. The summed E-state index contributed by atoms with van der Waals surface area (Å²) in [5, 5.41) is 11.1. The van der Waals surface area contributed by atoms with Gasteiger partial charge in [0.15, 0.2) is 0 Å². The SMILES string of the molecule is COc1ccc(C=C(Cc2ccccc2)[N+](=O)[O-])cc1. The Bertz CT molecular complexity index is 603. The molecule has 102 valence electrons. The van der Waals surface area contributed by atoms with Crippen LogP contribution in [0.25, 0.3) is 6.08 Å². The summed E-state index contributed by atoms with van der Waals surface area (Å²) in [6.45, 7) is 0. The standard InChI is InChI=1S/C16H15NO3/c1-20-16-9-7-14(8-10-16)12-15(17(18)19)11-13-5-3-2-4-6-13/h2-10,12H,11H2,1H3. The van der Waals surface area contributed by atoms with Crippen molar-refractivity contribution in [3.8, 4) is 5.75 Å². The molecule has 0 aliphatic carbocycles. The van der Waals surface area contributed by atoms with Crippen LogP contribution in [0, 0.1) is 10.1 Å². The predicted octanol–water partition coefficient (Wildman–Crippen LogP) is 3.56. The molecule has 0 atom stereocenters. The van der Waals surface area contributed by atoms with Gasteiger partial charge in [0.05, 0.1) is 18.5 Å². The summed E-state index contributed by atoms with van der Waals surface area (Å²) >= 11 is 0. The molecule has 0 unspecified atom stereocenters. The Kier molecular flexibility index (Phi) is 4.50. The van der Waals surface area contributed by atoms with Gasteiger partial charge in [0.25, 0.3) is 5.70 Å². The molecular weight excluding hydrogens is 254 g/mol. The topological polar surface area (TPSA) is 52.4 Å². The summed E-state index contributed by atoms with van der Waals surface area (Å²) in [5.74, 6) is 0.730. The second-order valence-corrected chi connectivity index (χ2v) is 4.33. The van der Waals surface area contributed by atoms with Gasteiger partial charge in [0.2, 0.25) is 0 Å². The third kappa shape index (κ3) is 3.68. The van der Waals surface area contributed by atoms with E-state index in [1.54, 1.807) is 37.5 Å². The summed E-state index contributed by atoms with van der Waals surface area (Å²) in [6, 6.07) is 16.6. The number of nitro groups is 1. The average molecular weight is 269 g/mol. The molecule has 0 aliphatic rings. The average Bonchev–Trinajstić information content (AvgIpc) is 2.48. The maximum Gasteiger partial charge on any atom is 0.251 e. The largest absolute Gasteiger partial charge is 0.497 e. The molecule has 0 saturated heterocycles. The van der Waals surface area contributed by atoms with Crippen molar-refractivity contribution in [1.82, 2.24) is 0 Å². The monoisotopic (exact) mass is 269 g/mol. The van der Waals surface area contributed by atoms with Crippen molar-refractivity contribution >= 4 is 6.08 Å². The highest BCUT2D eigenvalue weighted by molar-refractivity contribution is 5.53. The lowest BCUT2D eigenvalue weighted by Crippen LogP contribution is -2.02. The molecule has 0 spiro atoms. The first-order valence-corrected chi connectivity index (χ1v) is 6.22. The molecule has 2 aromatic rings. The Morgan fingerprint density at radius 1 is 1.15 bits per heavy atom. The summed E-state index contributed by atoms with van der Waals surface area (Å²) in [7, 11) is 1.59. The van der Waals surface area contributed by atoms with E-state index in [1.165, 1.54) is 0 Å². The molecule has 0 saturated carbocycles. The van der Waals surface area contributed by atoms with Gasteiger partial charge in [0, 0.05) is 6.08 Å². The lowest BCUT2D eigenvalue weighted by molar-refractivity contribution is -0.425. The fourth-order valence-corrected chi connectivity index (χ4v) is 1.87. The van der Waals surface area contributed by atoms with Crippen LogP contribution in [0.15, 0.2) is 60.3 Å². The van der Waals surface area contributed by atoms with Gasteiger partial charge < -0.3 is 4.74 Å². The summed E-state index contributed by atoms with van der Waals surface area (Å²) < 4.78 is 5.06. The second-order valence-electron chi connectivity index (χ2n) is 4.33. The van der Waals surface area contributed by atoms with Crippen LogP contribution in [0.2, 0.25) is 0 Å². The van der Waals surface area contributed by atoms with Crippen molar-refractivity contribution in [2.75, 3.05) is 7.11 Å². The minimum absolute atomic E-state index is 0.168. The number of nitrogens with zero attached hydrogens (tertiary/aromatic N) is 1. The lowest BCUT2D eigenvalue weighted by atomic mass is 10.1. The third-order valence-electron chi connectivity index (χ3n) is 2.91. The van der Waals surface area contributed by atoms with Gasteiger partial charge in [-0.1, -0.05) is 42.5 Å². The van der Waals surface area contributed by atoms with Gasteiger partial charge >= 0.3 is 0 Å². The Morgan fingerprint density at radius 2 is 1.80 bits per heavy atom. The zero-order valence-corrected chi connectivity index (χ0v) is 11.2. The third-order valence-corrected chi connectivity index (χ3v) is 2.91. The molecule has 0 radical (unpaired) electrons. The van der Waals surface area contributed by atoms with E-state index in [-0.39, 0.29) is 10.6 Å². The van der Waals surface area contributed by atoms with Crippen molar-refractivity contribution in [1.29, 1.82) is 0 Å². The molecule has 2 rings (SSSR count). The van der Waals surface area contributed by atoms with Crippen LogP contribution in [0.3, 0.4) is 0 Å². The van der Waals surface area contributed by atoms with Gasteiger partial charge in [-0.3, -0.25) is 10.1 Å². The Balaban J connectivity index is 2.23. The number of methoxy groups -OCH3 is 1. The van der Waals surface area contributed by atoms with Crippen LogP contribution in [-0.2, 0) is 6.42 Å². The van der Waals surface area contributed by atoms with E-state index in [1.807, 2.05) is 30.3 Å². The summed E-state index contributed by atoms with van der Waals surface area (Å²) in [4.78, 5) is 10.8. The smallest absolute Gasteiger partial charge is 0.251 e. The van der Waals surface area contributed by atoms with E-state index in [0.717, 1.165) is 16.9 Å². The lowest BCUT2D eigenvalue weighted by Gasteiger charge is -2.01. The van der Waals surface area contributed by atoms with Crippen LogP contribution in [0.5, 0.6) is 5.75 Å². The Labute approximate surface area is 117 Å². The van der Waals surface area contributed by atoms with Gasteiger partial charge in [-0.05, 0) is 23.3 Å². The zero-order chi connectivity index (χ0) is 14.4. The van der Waals surface area contributed by atoms with Crippen molar-refractivity contribution in [3.05, 3.63) is 81.5 Å². The zero-order valence-electron chi connectivity index (χ0n) is 11.2. The highest BCUT2D eigenvalue weighted by atomic mass is 16.6. The molecule has 0 aromatic heterocycles. The van der Waals surface area contributed by atoms with Crippen molar-refractivity contribution in [2.45, 2.75) is 6.42 Å². The molecule has 0 aliphatic heterocycles. The molecule has 0 bridgehead atoms. The highest BCUT2D eigenvalue weighted by Crippen LogP contribution is 2.16. The van der Waals surface area contributed by atoms with E-state index in [4.69, 9.17) is 4.74 Å². The van der Waals surface area contributed by atoms with Crippen LogP contribution < -0.4 is 4.74 Å². The highest BCUT2D eigenvalue weighted by Gasteiger charge is 2.11. The van der Waals surface area contributed by atoms with Crippen LogP contribution in [0.1, 0.15) is 11.1 Å². The van der Waals surface area contributed by atoms with Crippen LogP contribution in [0.4, 0.5) is 0 Å². The number of rotatable bonds is 5. The van der Waals surface area contributed by atoms with Crippen molar-refractivity contribution in [3.63, 3.8) is 0 Å². The first-order chi connectivity index (χ1) is 9.69. The number of hydrogen-bond donors (Lipinski definition) is 0. The normalized spacial score (nSPS) is 11.2. The molecule has 4 heteroatoms. The summed E-state index contributed by atoms with van der Waals surface area (Å²) in [5.41, 5.74) is 1.87. The van der Waals surface area contributed by atoms with Gasteiger partial charge in [-0.2, -0.15) is 0 Å². The fraction of sp³-hybridized carbons (Fsp3) is 0.125. The maximum atomic E-state index is 11.1. The molecule has 4 nitrogen and oxygen atoms in total. The predicted molar refractivity (Wildman–Crippen MR) is 78.1 cm³/mol. The molecular formula is C16H15NO3. The number of ether oxygens (including phenoxy) is 1. The minimum Gasteiger partial charge on any atom is -0.497 e. The molecule has 0 heterocycles. The molecule has 20 heavy (non-hydrogen) atoms. The molecule has 2 aromatic carbocycles. The Morgan fingerprint density at radius 3 is 2.35 bits per heavy atom. The number of benzene rings is 2. The quantitative estimate of drug-likeness (QED) is 0.616. The van der Waals surface area contributed by atoms with Crippen LogP contribution >= 0.6 is 0 Å². The first kappa shape index (κ1) is 13.8.